The topological polar surface area (TPSA) is 29.1 Å². The Kier molecular flexibility index (Phi) is 3.16. The summed E-state index contributed by atoms with van der Waals surface area (Å²) in [5, 5.41) is 2.81. The molecular weight excluding hydrogens is 150 g/mol. The van der Waals surface area contributed by atoms with E-state index in [1.165, 1.54) is 12.8 Å². The molecule has 66 valence electrons. The van der Waals surface area contributed by atoms with Crippen LogP contribution >= 0.6 is 0 Å². The van der Waals surface area contributed by atoms with E-state index in [1.54, 1.807) is 0 Å². The van der Waals surface area contributed by atoms with Gasteiger partial charge in [-0.15, -0.1) is 6.42 Å². The Morgan fingerprint density at radius 3 is 2.50 bits per heavy atom. The second-order valence-electron chi connectivity index (χ2n) is 3.57. The Hall–Kier alpha value is -0.970. The summed E-state index contributed by atoms with van der Waals surface area (Å²) in [4.78, 5) is 10.8. The molecular formula is C10H15NO. The fourth-order valence-corrected chi connectivity index (χ4v) is 1.63. The molecule has 0 atom stereocenters. The van der Waals surface area contributed by atoms with Gasteiger partial charge in [0.25, 0.3) is 5.91 Å². The first-order valence-corrected chi connectivity index (χ1v) is 4.49. The van der Waals surface area contributed by atoms with Gasteiger partial charge in [-0.2, -0.15) is 0 Å². The lowest BCUT2D eigenvalue weighted by atomic mass is 9.87. The molecule has 0 aliphatic heterocycles. The van der Waals surface area contributed by atoms with Crippen molar-refractivity contribution in [2.24, 2.45) is 5.92 Å². The van der Waals surface area contributed by atoms with Gasteiger partial charge in [0.15, 0.2) is 0 Å². The summed E-state index contributed by atoms with van der Waals surface area (Å²) in [5.74, 6) is 2.61. The van der Waals surface area contributed by atoms with Crippen LogP contribution in [0.25, 0.3) is 0 Å². The Balaban J connectivity index is 2.27. The molecule has 1 aliphatic rings. The molecule has 0 saturated heterocycles. The molecule has 0 aromatic carbocycles. The molecule has 2 nitrogen and oxygen atoms in total. The van der Waals surface area contributed by atoms with E-state index in [2.05, 4.69) is 18.2 Å². The molecule has 0 aromatic rings. The van der Waals surface area contributed by atoms with Crippen molar-refractivity contribution in [3.8, 4) is 12.3 Å². The zero-order valence-corrected chi connectivity index (χ0v) is 7.47. The summed E-state index contributed by atoms with van der Waals surface area (Å²) in [6, 6.07) is 0.324. The van der Waals surface area contributed by atoms with Gasteiger partial charge in [0.1, 0.15) is 0 Å². The lowest BCUT2D eigenvalue weighted by Crippen LogP contribution is -2.36. The van der Waals surface area contributed by atoms with Gasteiger partial charge in [0, 0.05) is 6.04 Å². The SMILES string of the molecule is C#CC(=O)N[C@H]1CC[C@@H](C)CC1. The largest absolute Gasteiger partial charge is 0.343 e. The average molecular weight is 165 g/mol. The van der Waals surface area contributed by atoms with E-state index in [0.29, 0.717) is 6.04 Å². The molecule has 1 N–H and O–H groups in total. The van der Waals surface area contributed by atoms with Gasteiger partial charge < -0.3 is 5.32 Å². The fourth-order valence-electron chi connectivity index (χ4n) is 1.63. The molecule has 0 bridgehead atoms. The highest BCUT2D eigenvalue weighted by Gasteiger charge is 2.18. The first-order chi connectivity index (χ1) is 5.72. The minimum atomic E-state index is -0.269. The van der Waals surface area contributed by atoms with E-state index in [-0.39, 0.29) is 5.91 Å². The summed E-state index contributed by atoms with van der Waals surface area (Å²) >= 11 is 0. The van der Waals surface area contributed by atoms with E-state index < -0.39 is 0 Å². The zero-order chi connectivity index (χ0) is 8.97. The Morgan fingerprint density at radius 2 is 2.00 bits per heavy atom. The maximum atomic E-state index is 10.8. The maximum Gasteiger partial charge on any atom is 0.295 e. The van der Waals surface area contributed by atoms with Gasteiger partial charge in [-0.25, -0.2) is 0 Å². The highest BCUT2D eigenvalue weighted by Crippen LogP contribution is 2.23. The Labute approximate surface area is 73.7 Å². The second kappa shape index (κ2) is 4.15. The first kappa shape index (κ1) is 9.12. The number of hydrogen-bond donors (Lipinski definition) is 1. The first-order valence-electron chi connectivity index (χ1n) is 4.49. The van der Waals surface area contributed by atoms with Crippen LogP contribution < -0.4 is 5.32 Å². The molecule has 0 spiro atoms. The third-order valence-electron chi connectivity index (χ3n) is 2.48. The van der Waals surface area contributed by atoms with Crippen LogP contribution in [0.4, 0.5) is 0 Å². The minimum Gasteiger partial charge on any atom is -0.343 e. The van der Waals surface area contributed by atoms with Crippen LogP contribution in [0.3, 0.4) is 0 Å². The highest BCUT2D eigenvalue weighted by molar-refractivity contribution is 5.92. The fraction of sp³-hybridized carbons (Fsp3) is 0.700. The summed E-state index contributed by atoms with van der Waals surface area (Å²) in [6.45, 7) is 2.25. The number of nitrogens with one attached hydrogen (secondary N) is 1. The van der Waals surface area contributed by atoms with Crippen LogP contribution in [0.5, 0.6) is 0 Å². The van der Waals surface area contributed by atoms with Crippen LogP contribution in [0, 0.1) is 18.3 Å². The van der Waals surface area contributed by atoms with Crippen molar-refractivity contribution < 1.29 is 4.79 Å². The van der Waals surface area contributed by atoms with Gasteiger partial charge in [-0.1, -0.05) is 6.92 Å². The van der Waals surface area contributed by atoms with Crippen molar-refractivity contribution in [2.75, 3.05) is 0 Å². The highest BCUT2D eigenvalue weighted by atomic mass is 16.1. The smallest absolute Gasteiger partial charge is 0.295 e. The van der Waals surface area contributed by atoms with E-state index in [4.69, 9.17) is 6.42 Å². The Morgan fingerprint density at radius 1 is 1.42 bits per heavy atom. The van der Waals surface area contributed by atoms with Crippen molar-refractivity contribution in [3.63, 3.8) is 0 Å². The van der Waals surface area contributed by atoms with Crippen molar-refractivity contribution in [3.05, 3.63) is 0 Å². The van der Waals surface area contributed by atoms with Crippen molar-refractivity contribution >= 4 is 5.91 Å². The number of hydrogen-bond acceptors (Lipinski definition) is 1. The van der Waals surface area contributed by atoms with Gasteiger partial charge in [-0.3, -0.25) is 4.79 Å². The lowest BCUT2D eigenvalue weighted by Gasteiger charge is -2.25. The van der Waals surface area contributed by atoms with Crippen LogP contribution in [-0.4, -0.2) is 11.9 Å². The van der Waals surface area contributed by atoms with Crippen LogP contribution in [0.1, 0.15) is 32.6 Å². The van der Waals surface area contributed by atoms with Gasteiger partial charge in [-0.05, 0) is 37.5 Å². The summed E-state index contributed by atoms with van der Waals surface area (Å²) < 4.78 is 0. The molecule has 0 radical (unpaired) electrons. The molecule has 1 aliphatic carbocycles. The molecule has 1 fully saturated rings. The van der Waals surface area contributed by atoms with E-state index in [1.807, 2.05) is 0 Å². The molecule has 1 rings (SSSR count). The van der Waals surface area contributed by atoms with Gasteiger partial charge in [0.2, 0.25) is 0 Å². The molecule has 2 heteroatoms. The van der Waals surface area contributed by atoms with Gasteiger partial charge >= 0.3 is 0 Å². The number of amides is 1. The third-order valence-corrected chi connectivity index (χ3v) is 2.48. The minimum absolute atomic E-state index is 0.269. The van der Waals surface area contributed by atoms with Crippen LogP contribution in [0.2, 0.25) is 0 Å². The standard InChI is InChI=1S/C10H15NO/c1-3-10(12)11-9-6-4-8(2)5-7-9/h1,8-9H,4-7H2,2H3,(H,11,12)/t8-,9+. The zero-order valence-electron chi connectivity index (χ0n) is 7.47. The molecule has 1 saturated carbocycles. The quantitative estimate of drug-likeness (QED) is 0.583. The van der Waals surface area contributed by atoms with Crippen LogP contribution in [0.15, 0.2) is 0 Å². The second-order valence-corrected chi connectivity index (χ2v) is 3.57. The molecule has 0 heterocycles. The maximum absolute atomic E-state index is 10.8. The van der Waals surface area contributed by atoms with Crippen molar-refractivity contribution in [1.82, 2.24) is 5.32 Å². The number of carbonyl (C=O) groups excluding carboxylic acids is 1. The van der Waals surface area contributed by atoms with E-state index >= 15 is 0 Å². The Bertz CT molecular complexity index is 196. The normalized spacial score (nSPS) is 29.0. The number of rotatable bonds is 1. The summed E-state index contributed by atoms with van der Waals surface area (Å²) in [6.07, 6.45) is 9.52. The van der Waals surface area contributed by atoms with Gasteiger partial charge in [0.05, 0.1) is 0 Å². The molecule has 0 unspecified atom stereocenters. The predicted molar refractivity (Wildman–Crippen MR) is 48.4 cm³/mol. The summed E-state index contributed by atoms with van der Waals surface area (Å²) in [7, 11) is 0. The number of terminal acetylenes is 1. The molecule has 1 amide bonds. The molecule has 0 aromatic heterocycles. The average Bonchev–Trinajstić information content (AvgIpc) is 2.09. The third kappa shape index (κ3) is 2.58. The van der Waals surface area contributed by atoms with E-state index in [9.17, 15) is 4.79 Å². The lowest BCUT2D eigenvalue weighted by molar-refractivity contribution is -0.116. The van der Waals surface area contributed by atoms with Crippen molar-refractivity contribution in [2.45, 2.75) is 38.6 Å². The van der Waals surface area contributed by atoms with Crippen molar-refractivity contribution in [1.29, 1.82) is 0 Å². The summed E-state index contributed by atoms with van der Waals surface area (Å²) in [5.41, 5.74) is 0. The molecule has 12 heavy (non-hydrogen) atoms. The van der Waals surface area contributed by atoms with Crippen LogP contribution in [-0.2, 0) is 4.79 Å². The van der Waals surface area contributed by atoms with E-state index in [0.717, 1.165) is 18.8 Å². The number of carbonyl (C=O) groups is 1. The monoisotopic (exact) mass is 165 g/mol. The predicted octanol–water partition coefficient (Wildman–Crippen LogP) is 1.31.